The number of imidazole rings is 1. The van der Waals surface area contributed by atoms with Crippen LogP contribution < -0.4 is 16.1 Å². The number of amides is 1. The van der Waals surface area contributed by atoms with Gasteiger partial charge < -0.3 is 25.9 Å². The summed E-state index contributed by atoms with van der Waals surface area (Å²) in [5.41, 5.74) is 9.31. The van der Waals surface area contributed by atoms with Gasteiger partial charge in [-0.05, 0) is 19.3 Å². The van der Waals surface area contributed by atoms with E-state index in [4.69, 9.17) is 15.9 Å². The standard InChI is InChI=1S/C18H29N9O4/c1-4-5-9-31-18(30)26(17(19)20)8-6-7-12(16(28)29)24-27-11-23-13-14(25(2)3)21-10-22-15(13)27/h10-12,24H,4-9H2,1-3H3,(H3,19,20)(H,28,29)/t12-/m1/s1. The van der Waals surface area contributed by atoms with Gasteiger partial charge in [-0.1, -0.05) is 13.3 Å². The van der Waals surface area contributed by atoms with Crippen LogP contribution in [0.25, 0.3) is 11.2 Å². The maximum atomic E-state index is 12.1. The molecule has 2 aromatic heterocycles. The van der Waals surface area contributed by atoms with E-state index in [2.05, 4.69) is 20.4 Å². The predicted molar refractivity (Wildman–Crippen MR) is 115 cm³/mol. The summed E-state index contributed by atoms with van der Waals surface area (Å²) in [6, 6.07) is -0.986. The van der Waals surface area contributed by atoms with E-state index < -0.39 is 24.1 Å². The van der Waals surface area contributed by atoms with Crippen LogP contribution in [0.15, 0.2) is 12.7 Å². The van der Waals surface area contributed by atoms with Crippen LogP contribution in [0.3, 0.4) is 0 Å². The highest BCUT2D eigenvalue weighted by molar-refractivity contribution is 5.91. The molecule has 0 aliphatic carbocycles. The molecule has 2 heterocycles. The number of nitrogens with two attached hydrogens (primary N) is 1. The quantitative estimate of drug-likeness (QED) is 0.224. The second-order valence-corrected chi connectivity index (χ2v) is 7.05. The molecule has 170 valence electrons. The van der Waals surface area contributed by atoms with Crippen LogP contribution in [-0.4, -0.2) is 80.9 Å². The van der Waals surface area contributed by atoms with Gasteiger partial charge in [0.05, 0.1) is 6.61 Å². The van der Waals surface area contributed by atoms with Gasteiger partial charge in [0, 0.05) is 20.6 Å². The molecule has 0 radical (unpaired) electrons. The number of anilines is 1. The summed E-state index contributed by atoms with van der Waals surface area (Å²) >= 11 is 0. The second kappa shape index (κ2) is 10.9. The Morgan fingerprint density at radius 1 is 1.32 bits per heavy atom. The smallest absolute Gasteiger partial charge is 0.416 e. The van der Waals surface area contributed by atoms with Crippen molar-refractivity contribution in [1.82, 2.24) is 24.5 Å². The van der Waals surface area contributed by atoms with Crippen molar-refractivity contribution >= 4 is 35.0 Å². The number of hydrogen-bond acceptors (Lipinski definition) is 9. The first kappa shape index (κ1) is 23.6. The lowest BCUT2D eigenvalue weighted by atomic mass is 10.1. The fourth-order valence-electron chi connectivity index (χ4n) is 2.80. The normalized spacial score (nSPS) is 11.7. The molecule has 0 aromatic carbocycles. The average molecular weight is 435 g/mol. The number of rotatable bonds is 11. The van der Waals surface area contributed by atoms with E-state index in [9.17, 15) is 14.7 Å². The number of aliphatic carboxylic acids is 1. The molecule has 0 saturated carbocycles. The molecule has 1 atom stereocenters. The van der Waals surface area contributed by atoms with Crippen LogP contribution in [-0.2, 0) is 9.53 Å². The van der Waals surface area contributed by atoms with Gasteiger partial charge in [0.1, 0.15) is 18.7 Å². The Morgan fingerprint density at radius 2 is 2.06 bits per heavy atom. The van der Waals surface area contributed by atoms with E-state index in [0.717, 1.165) is 11.3 Å². The maximum absolute atomic E-state index is 12.1. The summed E-state index contributed by atoms with van der Waals surface area (Å²) in [6.45, 7) is 2.26. The molecule has 0 aliphatic heterocycles. The molecule has 0 fully saturated rings. The Morgan fingerprint density at radius 3 is 2.68 bits per heavy atom. The van der Waals surface area contributed by atoms with Crippen molar-refractivity contribution in [2.45, 2.75) is 38.6 Å². The lowest BCUT2D eigenvalue weighted by molar-refractivity contribution is -0.138. The summed E-state index contributed by atoms with van der Waals surface area (Å²) in [5.74, 6) is -0.922. The summed E-state index contributed by atoms with van der Waals surface area (Å²) in [5, 5.41) is 17.2. The van der Waals surface area contributed by atoms with Gasteiger partial charge in [0.15, 0.2) is 22.9 Å². The first-order chi connectivity index (χ1) is 14.8. The number of ether oxygens (including phenoxy) is 1. The van der Waals surface area contributed by atoms with Gasteiger partial charge in [0.2, 0.25) is 0 Å². The monoisotopic (exact) mass is 435 g/mol. The third kappa shape index (κ3) is 6.17. The maximum Gasteiger partial charge on any atom is 0.416 e. The summed E-state index contributed by atoms with van der Waals surface area (Å²) in [4.78, 5) is 39.2. The minimum absolute atomic E-state index is 0.0589. The Balaban J connectivity index is 2.03. The highest BCUT2D eigenvalue weighted by atomic mass is 16.6. The highest BCUT2D eigenvalue weighted by Crippen LogP contribution is 2.19. The molecule has 31 heavy (non-hydrogen) atoms. The van der Waals surface area contributed by atoms with Crippen LogP contribution >= 0.6 is 0 Å². The number of carbonyl (C=O) groups excluding carboxylic acids is 1. The van der Waals surface area contributed by atoms with Gasteiger partial charge in [-0.3, -0.25) is 5.41 Å². The molecule has 2 aromatic rings. The zero-order valence-corrected chi connectivity index (χ0v) is 17.9. The van der Waals surface area contributed by atoms with E-state index in [1.54, 1.807) is 4.90 Å². The molecule has 0 saturated heterocycles. The predicted octanol–water partition coefficient (Wildman–Crippen LogP) is 0.801. The number of guanidine groups is 1. The average Bonchev–Trinajstić information content (AvgIpc) is 3.12. The van der Waals surface area contributed by atoms with E-state index in [1.165, 1.54) is 17.3 Å². The molecular formula is C18H29N9O4. The van der Waals surface area contributed by atoms with Gasteiger partial charge >= 0.3 is 12.1 Å². The first-order valence-corrected chi connectivity index (χ1v) is 9.89. The molecule has 13 nitrogen and oxygen atoms in total. The Bertz CT molecular complexity index is 915. The Labute approximate surface area is 179 Å². The summed E-state index contributed by atoms with van der Waals surface area (Å²) < 4.78 is 6.51. The SMILES string of the molecule is CCCCOC(=O)N(CCC[C@@H](Nn1cnc2c(N(C)C)ncnc21)C(=O)O)C(=N)N. The number of carboxylic acids is 1. The highest BCUT2D eigenvalue weighted by Gasteiger charge is 2.22. The topological polar surface area (TPSA) is 176 Å². The number of hydrogen-bond donors (Lipinski definition) is 4. The van der Waals surface area contributed by atoms with E-state index in [-0.39, 0.29) is 26.0 Å². The number of carbonyl (C=O) groups is 2. The van der Waals surface area contributed by atoms with Crippen molar-refractivity contribution in [3.05, 3.63) is 12.7 Å². The second-order valence-electron chi connectivity index (χ2n) is 7.05. The van der Waals surface area contributed by atoms with Crippen molar-refractivity contribution in [2.24, 2.45) is 5.73 Å². The molecule has 0 spiro atoms. The van der Waals surface area contributed by atoms with Gasteiger partial charge in [-0.25, -0.2) is 34.1 Å². The number of aromatic nitrogens is 4. The molecule has 1 amide bonds. The van der Waals surface area contributed by atoms with Crippen LogP contribution in [0.2, 0.25) is 0 Å². The van der Waals surface area contributed by atoms with E-state index in [0.29, 0.717) is 23.4 Å². The first-order valence-electron chi connectivity index (χ1n) is 9.89. The summed E-state index contributed by atoms with van der Waals surface area (Å²) in [6.07, 6.45) is 4.11. The van der Waals surface area contributed by atoms with Crippen molar-refractivity contribution < 1.29 is 19.4 Å². The van der Waals surface area contributed by atoms with Crippen LogP contribution in [0.1, 0.15) is 32.6 Å². The Hall–Kier alpha value is -3.64. The van der Waals surface area contributed by atoms with E-state index in [1.807, 2.05) is 21.0 Å². The van der Waals surface area contributed by atoms with Crippen molar-refractivity contribution in [3.63, 3.8) is 0 Å². The largest absolute Gasteiger partial charge is 0.480 e. The van der Waals surface area contributed by atoms with Gasteiger partial charge in [0.25, 0.3) is 0 Å². The molecule has 5 N–H and O–H groups in total. The zero-order valence-electron chi connectivity index (χ0n) is 17.9. The fourth-order valence-corrected chi connectivity index (χ4v) is 2.80. The van der Waals surface area contributed by atoms with Crippen LogP contribution in [0.5, 0.6) is 0 Å². The summed E-state index contributed by atoms with van der Waals surface area (Å²) in [7, 11) is 3.64. The number of nitrogens with one attached hydrogen (secondary N) is 2. The lowest BCUT2D eigenvalue weighted by Crippen LogP contribution is -2.43. The molecular weight excluding hydrogens is 406 g/mol. The minimum Gasteiger partial charge on any atom is -0.480 e. The van der Waals surface area contributed by atoms with Crippen molar-refractivity contribution in [3.8, 4) is 0 Å². The Kier molecular flexibility index (Phi) is 8.34. The lowest BCUT2D eigenvalue weighted by Gasteiger charge is -2.21. The zero-order chi connectivity index (χ0) is 23.0. The molecule has 0 unspecified atom stereocenters. The fraction of sp³-hybridized carbons (Fsp3) is 0.556. The van der Waals surface area contributed by atoms with Gasteiger partial charge in [-0.15, -0.1) is 0 Å². The number of fused-ring (bicyclic) bond motifs is 1. The molecule has 2 rings (SSSR count). The third-order valence-electron chi connectivity index (χ3n) is 4.44. The third-order valence-corrected chi connectivity index (χ3v) is 4.44. The van der Waals surface area contributed by atoms with Crippen LogP contribution in [0.4, 0.5) is 10.6 Å². The molecule has 0 aliphatic rings. The van der Waals surface area contributed by atoms with Gasteiger partial charge in [-0.2, -0.15) is 0 Å². The number of unbranched alkanes of at least 4 members (excludes halogenated alkanes) is 1. The van der Waals surface area contributed by atoms with Crippen LogP contribution in [0, 0.1) is 5.41 Å². The number of carboxylic acid groups (broad SMARTS) is 1. The minimum atomic E-state index is -1.08. The molecule has 0 bridgehead atoms. The van der Waals surface area contributed by atoms with E-state index >= 15 is 0 Å². The number of nitrogens with zero attached hydrogens (tertiary/aromatic N) is 6. The van der Waals surface area contributed by atoms with Crippen molar-refractivity contribution in [1.29, 1.82) is 5.41 Å². The molecule has 13 heteroatoms. The van der Waals surface area contributed by atoms with Crippen molar-refractivity contribution in [2.75, 3.05) is 37.6 Å².